The lowest BCUT2D eigenvalue weighted by Crippen LogP contribution is -2.32. The monoisotopic (exact) mass is 524 g/mol. The lowest BCUT2D eigenvalue weighted by Gasteiger charge is -2.31. The first-order chi connectivity index (χ1) is 17.4. The van der Waals surface area contributed by atoms with Crippen LogP contribution in [0.4, 0.5) is 15.8 Å². The first-order valence-electron chi connectivity index (χ1n) is 12.4. The topological polar surface area (TPSA) is 69.6 Å². The van der Waals surface area contributed by atoms with Crippen LogP contribution in [0.1, 0.15) is 49.2 Å². The summed E-state index contributed by atoms with van der Waals surface area (Å²) in [5.74, 6) is -1.19. The Morgan fingerprint density at radius 1 is 0.973 bits per heavy atom. The number of aromatic carboxylic acids is 1. The molecule has 0 fully saturated rings. The molecule has 0 spiro atoms. The Hall–Kier alpha value is -3.38. The Bertz CT molecular complexity index is 1280. The number of carbonyl (C=O) groups is 2. The van der Waals surface area contributed by atoms with E-state index in [0.29, 0.717) is 28.7 Å². The number of nitrogens with zero attached hydrogens (tertiary/aromatic N) is 1. The number of carbonyl (C=O) groups excluding carboxylic acids is 1. The molecule has 7 heteroatoms. The molecule has 2 N–H and O–H groups in total. The highest BCUT2D eigenvalue weighted by Gasteiger charge is 2.20. The number of carboxylic acids is 1. The Labute approximate surface area is 223 Å². The summed E-state index contributed by atoms with van der Waals surface area (Å²) in [5, 5.41) is 13.0. The maximum atomic E-state index is 14.4. The fourth-order valence-electron chi connectivity index (χ4n) is 4.35. The number of carboxylic acid groups (broad SMARTS) is 1. The van der Waals surface area contributed by atoms with E-state index < -0.39 is 11.8 Å². The third-order valence-electron chi connectivity index (χ3n) is 5.87. The quantitative estimate of drug-likeness (QED) is 0.289. The number of rotatable bonds is 10. The van der Waals surface area contributed by atoms with Crippen LogP contribution in [0.5, 0.6) is 0 Å². The van der Waals surface area contributed by atoms with Crippen LogP contribution >= 0.6 is 11.6 Å². The molecule has 3 rings (SSSR count). The van der Waals surface area contributed by atoms with Gasteiger partial charge in [-0.2, -0.15) is 0 Å². The molecular weight excluding hydrogens is 491 g/mol. The lowest BCUT2D eigenvalue weighted by atomic mass is 9.96. The van der Waals surface area contributed by atoms with E-state index in [1.54, 1.807) is 24.3 Å². The molecule has 0 aliphatic rings. The predicted octanol–water partition coefficient (Wildman–Crippen LogP) is 7.45. The maximum Gasteiger partial charge on any atom is 0.336 e. The third kappa shape index (κ3) is 7.56. The van der Waals surface area contributed by atoms with Gasteiger partial charge in [-0.3, -0.25) is 4.79 Å². The summed E-state index contributed by atoms with van der Waals surface area (Å²) in [4.78, 5) is 27.2. The summed E-state index contributed by atoms with van der Waals surface area (Å²) >= 11 is 5.86. The van der Waals surface area contributed by atoms with Crippen LogP contribution in [0.15, 0.2) is 54.6 Å². The molecule has 3 aromatic rings. The molecule has 0 bridgehead atoms. The van der Waals surface area contributed by atoms with Crippen LogP contribution in [0.2, 0.25) is 5.02 Å². The second kappa shape index (κ2) is 12.2. The normalized spacial score (nSPS) is 11.2. The zero-order valence-corrected chi connectivity index (χ0v) is 22.7. The van der Waals surface area contributed by atoms with Crippen molar-refractivity contribution >= 4 is 34.9 Å². The number of halogens is 2. The summed E-state index contributed by atoms with van der Waals surface area (Å²) < 4.78 is 14.4. The fourth-order valence-corrected chi connectivity index (χ4v) is 4.51. The van der Waals surface area contributed by atoms with Gasteiger partial charge in [0, 0.05) is 18.1 Å². The maximum absolute atomic E-state index is 14.4. The van der Waals surface area contributed by atoms with Crippen LogP contribution in [0, 0.1) is 24.6 Å². The van der Waals surface area contributed by atoms with Crippen molar-refractivity contribution in [3.8, 4) is 11.1 Å². The minimum atomic E-state index is -1.02. The molecule has 0 aliphatic heterocycles. The molecule has 196 valence electrons. The van der Waals surface area contributed by atoms with Crippen molar-refractivity contribution in [2.75, 3.05) is 23.3 Å². The number of hydrogen-bond donors (Lipinski definition) is 2. The largest absolute Gasteiger partial charge is 0.478 e. The van der Waals surface area contributed by atoms with Gasteiger partial charge in [-0.1, -0.05) is 69.1 Å². The molecule has 0 unspecified atom stereocenters. The van der Waals surface area contributed by atoms with Gasteiger partial charge >= 0.3 is 5.97 Å². The summed E-state index contributed by atoms with van der Waals surface area (Å²) in [6.45, 7) is 12.0. The van der Waals surface area contributed by atoms with Crippen molar-refractivity contribution in [1.82, 2.24) is 0 Å². The van der Waals surface area contributed by atoms with Crippen LogP contribution in [-0.2, 0) is 11.2 Å². The first kappa shape index (κ1) is 28.2. The molecule has 3 aromatic carbocycles. The molecule has 1 amide bonds. The van der Waals surface area contributed by atoms with Gasteiger partial charge in [-0.05, 0) is 65.8 Å². The predicted molar refractivity (Wildman–Crippen MR) is 149 cm³/mol. The molecule has 0 saturated heterocycles. The first-order valence-corrected chi connectivity index (χ1v) is 12.8. The molecule has 0 aromatic heterocycles. The Morgan fingerprint density at radius 3 is 2.24 bits per heavy atom. The number of anilines is 2. The van der Waals surface area contributed by atoms with E-state index in [1.807, 2.05) is 25.1 Å². The van der Waals surface area contributed by atoms with Crippen LogP contribution < -0.4 is 10.2 Å². The molecule has 37 heavy (non-hydrogen) atoms. The number of hydrogen-bond acceptors (Lipinski definition) is 3. The molecule has 0 atom stereocenters. The minimum Gasteiger partial charge on any atom is -0.478 e. The highest BCUT2D eigenvalue weighted by molar-refractivity contribution is 6.30. The van der Waals surface area contributed by atoms with Gasteiger partial charge in [0.2, 0.25) is 5.91 Å². The zero-order valence-electron chi connectivity index (χ0n) is 21.9. The second-order valence-electron chi connectivity index (χ2n) is 10.2. The zero-order chi connectivity index (χ0) is 27.3. The van der Waals surface area contributed by atoms with E-state index in [2.05, 4.69) is 37.9 Å². The SMILES string of the molecule is Cc1ccc(C(=O)O)c(-c2ccc(N(CC(C)C)CC(C)C)c(NC(=O)Cc3ccc(Cl)cc3F)c2)c1. The van der Waals surface area contributed by atoms with E-state index in [4.69, 9.17) is 11.6 Å². The lowest BCUT2D eigenvalue weighted by molar-refractivity contribution is -0.115. The van der Waals surface area contributed by atoms with Crippen LogP contribution in [0.25, 0.3) is 11.1 Å². The Balaban J connectivity index is 2.08. The number of benzene rings is 3. The van der Waals surface area contributed by atoms with Gasteiger partial charge in [0.15, 0.2) is 0 Å². The van der Waals surface area contributed by atoms with Crippen molar-refractivity contribution in [2.45, 2.75) is 41.0 Å². The summed E-state index contributed by atoms with van der Waals surface area (Å²) in [6.07, 6.45) is -0.161. The van der Waals surface area contributed by atoms with E-state index in [0.717, 1.165) is 24.3 Å². The van der Waals surface area contributed by atoms with E-state index in [9.17, 15) is 19.1 Å². The molecule has 0 aliphatic carbocycles. The number of amides is 1. The Morgan fingerprint density at radius 2 is 1.65 bits per heavy atom. The van der Waals surface area contributed by atoms with Crippen molar-refractivity contribution in [1.29, 1.82) is 0 Å². The molecule has 0 radical (unpaired) electrons. The van der Waals surface area contributed by atoms with Crippen molar-refractivity contribution in [2.24, 2.45) is 11.8 Å². The van der Waals surface area contributed by atoms with Crippen LogP contribution in [0.3, 0.4) is 0 Å². The van der Waals surface area contributed by atoms with Crippen molar-refractivity contribution in [3.05, 3.63) is 82.1 Å². The molecule has 0 saturated carbocycles. The number of aryl methyl sites for hydroxylation is 1. The van der Waals surface area contributed by atoms with Gasteiger partial charge < -0.3 is 15.3 Å². The average molecular weight is 525 g/mol. The third-order valence-corrected chi connectivity index (χ3v) is 6.10. The Kier molecular flexibility index (Phi) is 9.33. The number of nitrogens with one attached hydrogen (secondary N) is 1. The summed E-state index contributed by atoms with van der Waals surface area (Å²) in [5.41, 5.74) is 3.97. The van der Waals surface area contributed by atoms with Gasteiger partial charge in [0.05, 0.1) is 23.4 Å². The van der Waals surface area contributed by atoms with Crippen LogP contribution in [-0.4, -0.2) is 30.1 Å². The second-order valence-corrected chi connectivity index (χ2v) is 10.7. The molecular formula is C30H34ClFN2O3. The smallest absolute Gasteiger partial charge is 0.336 e. The highest BCUT2D eigenvalue weighted by Crippen LogP contribution is 2.35. The standard InChI is InChI=1S/C30H34ClFN2O3/c1-18(2)16-34(17-19(3)4)28-11-8-21(25-12-20(5)6-10-24(25)30(36)37)13-27(28)33-29(35)14-22-7-9-23(31)15-26(22)32/h6-13,15,18-19H,14,16-17H2,1-5H3,(H,33,35)(H,36,37). The van der Waals surface area contributed by atoms with Gasteiger partial charge in [0.25, 0.3) is 0 Å². The van der Waals surface area contributed by atoms with Crippen molar-refractivity contribution < 1.29 is 19.1 Å². The van der Waals surface area contributed by atoms with Crippen molar-refractivity contribution in [3.63, 3.8) is 0 Å². The fraction of sp³-hybridized carbons (Fsp3) is 0.333. The average Bonchev–Trinajstić information content (AvgIpc) is 2.79. The summed E-state index contributed by atoms with van der Waals surface area (Å²) in [7, 11) is 0. The van der Waals surface area contributed by atoms with Gasteiger partial charge in [0.1, 0.15) is 5.82 Å². The molecule has 0 heterocycles. The summed E-state index contributed by atoms with van der Waals surface area (Å²) in [6, 6.07) is 15.0. The van der Waals surface area contributed by atoms with E-state index in [1.165, 1.54) is 12.1 Å². The van der Waals surface area contributed by atoms with E-state index >= 15 is 0 Å². The van der Waals surface area contributed by atoms with Gasteiger partial charge in [-0.15, -0.1) is 0 Å². The van der Waals surface area contributed by atoms with Gasteiger partial charge in [-0.25, -0.2) is 9.18 Å². The highest BCUT2D eigenvalue weighted by atomic mass is 35.5. The van der Waals surface area contributed by atoms with E-state index in [-0.39, 0.29) is 28.5 Å². The molecule has 5 nitrogen and oxygen atoms in total. The minimum absolute atomic E-state index is 0.161.